The van der Waals surface area contributed by atoms with Crippen molar-refractivity contribution in [2.24, 2.45) is 0 Å². The van der Waals surface area contributed by atoms with Gasteiger partial charge in [-0.2, -0.15) is 0 Å². The van der Waals surface area contributed by atoms with Crippen LogP contribution < -0.4 is 10.1 Å². The second kappa shape index (κ2) is 7.26. The molecule has 102 valence electrons. The molecule has 1 N–H and O–H groups in total. The third-order valence-electron chi connectivity index (χ3n) is 2.71. The van der Waals surface area contributed by atoms with Crippen LogP contribution in [0.1, 0.15) is 12.7 Å². The molecule has 2 rings (SSSR count). The SMILES string of the molecule is CSc1ccccc1OC(C)CNCc1ccco1. The molecule has 2 aromatic rings. The van der Waals surface area contributed by atoms with Crippen molar-refractivity contribution in [1.29, 1.82) is 0 Å². The largest absolute Gasteiger partial charge is 0.488 e. The summed E-state index contributed by atoms with van der Waals surface area (Å²) < 4.78 is 11.2. The zero-order chi connectivity index (χ0) is 13.5. The van der Waals surface area contributed by atoms with E-state index in [1.807, 2.05) is 30.3 Å². The monoisotopic (exact) mass is 277 g/mol. The Labute approximate surface area is 118 Å². The Balaban J connectivity index is 1.79. The molecule has 1 aromatic carbocycles. The van der Waals surface area contributed by atoms with Gasteiger partial charge >= 0.3 is 0 Å². The molecule has 0 radical (unpaired) electrons. The van der Waals surface area contributed by atoms with Crippen molar-refractivity contribution in [3.8, 4) is 5.75 Å². The molecule has 3 nitrogen and oxygen atoms in total. The molecule has 0 spiro atoms. The Bertz CT molecular complexity index is 485. The van der Waals surface area contributed by atoms with Gasteiger partial charge in [0.2, 0.25) is 0 Å². The number of rotatable bonds is 7. The molecule has 0 amide bonds. The minimum absolute atomic E-state index is 0.114. The maximum Gasteiger partial charge on any atom is 0.133 e. The van der Waals surface area contributed by atoms with Crippen LogP contribution in [0.3, 0.4) is 0 Å². The second-order valence-electron chi connectivity index (χ2n) is 4.29. The molecule has 1 heterocycles. The summed E-state index contributed by atoms with van der Waals surface area (Å²) in [4.78, 5) is 1.17. The lowest BCUT2D eigenvalue weighted by molar-refractivity contribution is 0.210. The molecule has 19 heavy (non-hydrogen) atoms. The van der Waals surface area contributed by atoms with Crippen molar-refractivity contribution in [3.05, 3.63) is 48.4 Å². The van der Waals surface area contributed by atoms with E-state index in [2.05, 4.69) is 24.6 Å². The van der Waals surface area contributed by atoms with Crippen LogP contribution >= 0.6 is 11.8 Å². The van der Waals surface area contributed by atoms with Gasteiger partial charge in [-0.1, -0.05) is 12.1 Å². The van der Waals surface area contributed by atoms with Crippen molar-refractivity contribution < 1.29 is 9.15 Å². The average molecular weight is 277 g/mol. The standard InChI is InChI=1S/C15H19NO2S/c1-12(10-16-11-13-6-5-9-17-13)18-14-7-3-4-8-15(14)19-2/h3-9,12,16H,10-11H2,1-2H3. The molecule has 0 fully saturated rings. The Morgan fingerprint density at radius 3 is 2.84 bits per heavy atom. The van der Waals surface area contributed by atoms with Gasteiger partial charge in [0, 0.05) is 11.4 Å². The minimum Gasteiger partial charge on any atom is -0.488 e. The fourth-order valence-electron chi connectivity index (χ4n) is 1.79. The van der Waals surface area contributed by atoms with Gasteiger partial charge in [0.05, 0.1) is 12.8 Å². The molecule has 1 atom stereocenters. The van der Waals surface area contributed by atoms with E-state index in [-0.39, 0.29) is 6.10 Å². The first kappa shape index (κ1) is 14.0. The van der Waals surface area contributed by atoms with Crippen LogP contribution in [0.5, 0.6) is 5.75 Å². The topological polar surface area (TPSA) is 34.4 Å². The first-order chi connectivity index (χ1) is 9.29. The molecular weight excluding hydrogens is 258 g/mol. The summed E-state index contributed by atoms with van der Waals surface area (Å²) >= 11 is 1.70. The van der Waals surface area contributed by atoms with E-state index in [1.165, 1.54) is 4.90 Å². The highest BCUT2D eigenvalue weighted by Crippen LogP contribution is 2.27. The molecule has 1 unspecified atom stereocenters. The number of para-hydroxylation sites is 1. The van der Waals surface area contributed by atoms with Gasteiger partial charge < -0.3 is 14.5 Å². The smallest absolute Gasteiger partial charge is 0.133 e. The van der Waals surface area contributed by atoms with Crippen LogP contribution in [-0.4, -0.2) is 18.9 Å². The number of nitrogens with one attached hydrogen (secondary N) is 1. The molecule has 0 saturated heterocycles. The van der Waals surface area contributed by atoms with Crippen LogP contribution in [0.15, 0.2) is 52.0 Å². The molecule has 0 saturated carbocycles. The first-order valence-corrected chi connectivity index (χ1v) is 7.55. The molecule has 0 bridgehead atoms. The first-order valence-electron chi connectivity index (χ1n) is 6.32. The lowest BCUT2D eigenvalue weighted by Crippen LogP contribution is -2.28. The van der Waals surface area contributed by atoms with E-state index in [1.54, 1.807) is 18.0 Å². The maximum atomic E-state index is 5.94. The number of hydrogen-bond donors (Lipinski definition) is 1. The number of thioether (sulfide) groups is 1. The summed E-state index contributed by atoms with van der Waals surface area (Å²) in [7, 11) is 0. The third kappa shape index (κ3) is 4.33. The Morgan fingerprint density at radius 1 is 1.26 bits per heavy atom. The normalized spacial score (nSPS) is 12.3. The summed E-state index contributed by atoms with van der Waals surface area (Å²) in [6.45, 7) is 3.57. The lowest BCUT2D eigenvalue weighted by Gasteiger charge is -2.17. The fraction of sp³-hybridized carbons (Fsp3) is 0.333. The highest BCUT2D eigenvalue weighted by atomic mass is 32.2. The summed E-state index contributed by atoms with van der Waals surface area (Å²) in [5.74, 6) is 1.89. The van der Waals surface area contributed by atoms with Crippen LogP contribution in [0, 0.1) is 0 Å². The van der Waals surface area contributed by atoms with Crippen molar-refractivity contribution in [3.63, 3.8) is 0 Å². The molecular formula is C15H19NO2S. The summed E-state index contributed by atoms with van der Waals surface area (Å²) in [6.07, 6.45) is 3.86. The molecule has 0 aliphatic carbocycles. The van der Waals surface area contributed by atoms with Crippen LogP contribution in [-0.2, 0) is 6.54 Å². The predicted octanol–water partition coefficient (Wildman–Crippen LogP) is 3.56. The zero-order valence-electron chi connectivity index (χ0n) is 11.3. The Hall–Kier alpha value is -1.39. The van der Waals surface area contributed by atoms with Crippen molar-refractivity contribution in [2.75, 3.05) is 12.8 Å². The third-order valence-corrected chi connectivity index (χ3v) is 3.49. The van der Waals surface area contributed by atoms with E-state index in [9.17, 15) is 0 Å². The fourth-order valence-corrected chi connectivity index (χ4v) is 2.32. The quantitative estimate of drug-likeness (QED) is 0.785. The van der Waals surface area contributed by atoms with Gasteiger partial charge in [0.25, 0.3) is 0 Å². The summed E-state index contributed by atoms with van der Waals surface area (Å²) in [6, 6.07) is 12.0. The number of hydrogen-bond acceptors (Lipinski definition) is 4. The van der Waals surface area contributed by atoms with E-state index < -0.39 is 0 Å². The van der Waals surface area contributed by atoms with Gasteiger partial charge in [-0.05, 0) is 37.4 Å². The van der Waals surface area contributed by atoms with E-state index in [4.69, 9.17) is 9.15 Å². The van der Waals surface area contributed by atoms with Gasteiger partial charge in [-0.3, -0.25) is 0 Å². The van der Waals surface area contributed by atoms with E-state index in [0.29, 0.717) is 0 Å². The lowest BCUT2D eigenvalue weighted by atomic mass is 10.3. The van der Waals surface area contributed by atoms with Crippen LogP contribution in [0.25, 0.3) is 0 Å². The van der Waals surface area contributed by atoms with Crippen LogP contribution in [0.4, 0.5) is 0 Å². The predicted molar refractivity (Wildman–Crippen MR) is 78.7 cm³/mol. The average Bonchev–Trinajstić information content (AvgIpc) is 2.92. The number of ether oxygens (including phenoxy) is 1. The summed E-state index contributed by atoms with van der Waals surface area (Å²) in [5.41, 5.74) is 0. The zero-order valence-corrected chi connectivity index (χ0v) is 12.1. The van der Waals surface area contributed by atoms with E-state index >= 15 is 0 Å². The Kier molecular flexibility index (Phi) is 5.36. The van der Waals surface area contributed by atoms with Gasteiger partial charge in [0.1, 0.15) is 17.6 Å². The van der Waals surface area contributed by atoms with Gasteiger partial charge in [-0.15, -0.1) is 11.8 Å². The van der Waals surface area contributed by atoms with Crippen molar-refractivity contribution in [1.82, 2.24) is 5.32 Å². The summed E-state index contributed by atoms with van der Waals surface area (Å²) in [5, 5.41) is 3.32. The Morgan fingerprint density at radius 2 is 2.11 bits per heavy atom. The van der Waals surface area contributed by atoms with E-state index in [0.717, 1.165) is 24.6 Å². The van der Waals surface area contributed by atoms with Crippen LogP contribution in [0.2, 0.25) is 0 Å². The highest BCUT2D eigenvalue weighted by molar-refractivity contribution is 7.98. The molecule has 0 aliphatic rings. The molecule has 1 aromatic heterocycles. The molecule has 4 heteroatoms. The van der Waals surface area contributed by atoms with Crippen molar-refractivity contribution >= 4 is 11.8 Å². The van der Waals surface area contributed by atoms with Crippen molar-refractivity contribution in [2.45, 2.75) is 24.5 Å². The maximum absolute atomic E-state index is 5.94. The number of furan rings is 1. The van der Waals surface area contributed by atoms with Gasteiger partial charge in [-0.25, -0.2) is 0 Å². The van der Waals surface area contributed by atoms with Gasteiger partial charge in [0.15, 0.2) is 0 Å². The molecule has 0 aliphatic heterocycles. The number of benzene rings is 1. The minimum atomic E-state index is 0.114. The highest BCUT2D eigenvalue weighted by Gasteiger charge is 2.07. The second-order valence-corrected chi connectivity index (χ2v) is 5.14.